The van der Waals surface area contributed by atoms with Crippen molar-refractivity contribution in [2.45, 2.75) is 33.6 Å². The van der Waals surface area contributed by atoms with Crippen LogP contribution in [-0.2, 0) is 9.68 Å². The van der Waals surface area contributed by atoms with E-state index < -0.39 is 28.4 Å². The molecule has 160 valence electrons. The molecule has 0 bridgehead atoms. The molecule has 1 aromatic carbocycles. The molecule has 2 N–H and O–H groups in total. The van der Waals surface area contributed by atoms with Gasteiger partial charge in [0.15, 0.2) is 11.2 Å². The molecule has 3 atom stereocenters. The lowest BCUT2D eigenvalue weighted by molar-refractivity contribution is -0.262. The third kappa shape index (κ3) is 2.83. The zero-order valence-electron chi connectivity index (χ0n) is 17.8. The normalized spacial score (nSPS) is 26.8. The van der Waals surface area contributed by atoms with E-state index in [0.29, 0.717) is 17.2 Å². The zero-order valence-corrected chi connectivity index (χ0v) is 17.8. The summed E-state index contributed by atoms with van der Waals surface area (Å²) in [7, 11) is 1.50. The number of hydrogen-bond acceptors (Lipinski definition) is 10. The SMILES string of the molecule is COc1ccc(C(=O)[C@@H]2[C@@]3(C#N)C(N)=NC(ON=C(C)C)(ON=C(C)C)[C@@]23C#N)cc1. The number of nitrogens with two attached hydrogens (primary N) is 1. The van der Waals surface area contributed by atoms with Gasteiger partial charge in [-0.3, -0.25) is 4.79 Å². The molecule has 0 spiro atoms. The largest absolute Gasteiger partial charge is 0.497 e. The Hall–Kier alpha value is -3.92. The highest BCUT2D eigenvalue weighted by Crippen LogP contribution is 2.78. The fourth-order valence-corrected chi connectivity index (χ4v) is 3.85. The molecule has 10 heteroatoms. The molecule has 0 radical (unpaired) electrons. The number of nitrogens with zero attached hydrogens (tertiary/aromatic N) is 5. The van der Waals surface area contributed by atoms with Gasteiger partial charge in [-0.05, 0) is 52.0 Å². The van der Waals surface area contributed by atoms with Crippen LogP contribution in [0.4, 0.5) is 0 Å². The monoisotopic (exact) mass is 422 g/mol. The van der Waals surface area contributed by atoms with Gasteiger partial charge in [-0.25, -0.2) is 0 Å². The zero-order chi connectivity index (χ0) is 23.0. The Balaban J connectivity index is 2.17. The number of ether oxygens (including phenoxy) is 1. The van der Waals surface area contributed by atoms with Crippen molar-refractivity contribution in [3.8, 4) is 17.9 Å². The summed E-state index contributed by atoms with van der Waals surface area (Å²) in [6.45, 7) is 6.64. The molecule has 3 rings (SSSR count). The quantitative estimate of drug-likeness (QED) is 0.306. The van der Waals surface area contributed by atoms with Crippen LogP contribution in [0.2, 0.25) is 0 Å². The van der Waals surface area contributed by atoms with Crippen molar-refractivity contribution in [2.75, 3.05) is 7.11 Å². The highest BCUT2D eigenvalue weighted by atomic mass is 16.8. The van der Waals surface area contributed by atoms with Gasteiger partial charge in [0.25, 0.3) is 0 Å². The van der Waals surface area contributed by atoms with Gasteiger partial charge in [0, 0.05) is 5.56 Å². The number of methoxy groups -OCH3 is 1. The van der Waals surface area contributed by atoms with Crippen molar-refractivity contribution in [3.05, 3.63) is 29.8 Å². The van der Waals surface area contributed by atoms with Gasteiger partial charge >= 0.3 is 5.91 Å². The molecule has 0 saturated heterocycles. The summed E-state index contributed by atoms with van der Waals surface area (Å²) in [5, 5.41) is 28.1. The third-order valence-electron chi connectivity index (χ3n) is 5.27. The second-order valence-corrected chi connectivity index (χ2v) is 7.70. The second kappa shape index (κ2) is 7.40. The number of ketones is 1. The number of Topliss-reactive ketones (excluding diaryl/α,β-unsaturated/α-hetero) is 1. The van der Waals surface area contributed by atoms with Crippen LogP contribution < -0.4 is 10.5 Å². The van der Waals surface area contributed by atoms with Crippen LogP contribution in [0.5, 0.6) is 5.75 Å². The van der Waals surface area contributed by atoms with Crippen molar-refractivity contribution in [3.63, 3.8) is 0 Å². The fraction of sp³-hybridized carbons (Fsp3) is 0.429. The van der Waals surface area contributed by atoms with Crippen LogP contribution in [0.15, 0.2) is 39.6 Å². The van der Waals surface area contributed by atoms with Gasteiger partial charge < -0.3 is 20.1 Å². The van der Waals surface area contributed by atoms with E-state index in [1.54, 1.807) is 52.0 Å². The number of nitriles is 2. The Kier molecular flexibility index (Phi) is 5.20. The minimum atomic E-state index is -2.19. The molecule has 0 aromatic heterocycles. The average molecular weight is 422 g/mol. The summed E-state index contributed by atoms with van der Waals surface area (Å²) in [6, 6.07) is 10.4. The van der Waals surface area contributed by atoms with E-state index >= 15 is 0 Å². The molecule has 10 nitrogen and oxygen atoms in total. The number of carbonyl (C=O) groups excluding carboxylic acids is 1. The molecule has 2 aliphatic rings. The van der Waals surface area contributed by atoms with E-state index in [1.807, 2.05) is 12.1 Å². The number of fused-ring (bicyclic) bond motifs is 1. The maximum atomic E-state index is 13.4. The lowest BCUT2D eigenvalue weighted by Crippen LogP contribution is -2.42. The number of rotatable bonds is 7. The van der Waals surface area contributed by atoms with E-state index in [4.69, 9.17) is 20.1 Å². The van der Waals surface area contributed by atoms with Gasteiger partial charge in [0.2, 0.25) is 5.41 Å². The van der Waals surface area contributed by atoms with Crippen molar-refractivity contribution in [1.82, 2.24) is 0 Å². The van der Waals surface area contributed by atoms with Crippen LogP contribution >= 0.6 is 0 Å². The maximum Gasteiger partial charge on any atom is 0.421 e. The van der Waals surface area contributed by atoms with E-state index in [1.165, 1.54) is 7.11 Å². The number of oxime groups is 2. The van der Waals surface area contributed by atoms with Gasteiger partial charge in [0.1, 0.15) is 11.6 Å². The predicted octanol–water partition coefficient (Wildman–Crippen LogP) is 2.38. The van der Waals surface area contributed by atoms with E-state index in [2.05, 4.69) is 15.3 Å². The Morgan fingerprint density at radius 1 is 1.06 bits per heavy atom. The summed E-state index contributed by atoms with van der Waals surface area (Å²) < 4.78 is 5.12. The van der Waals surface area contributed by atoms with Crippen LogP contribution in [0.25, 0.3) is 0 Å². The highest BCUT2D eigenvalue weighted by molar-refractivity contribution is 6.12. The number of benzene rings is 1. The van der Waals surface area contributed by atoms with E-state index in [-0.39, 0.29) is 11.4 Å². The van der Waals surface area contributed by atoms with E-state index in [0.717, 1.165) is 0 Å². The number of hydrogen-bond donors (Lipinski definition) is 1. The maximum absolute atomic E-state index is 13.4. The Bertz CT molecular complexity index is 1070. The molecule has 1 aliphatic heterocycles. The summed E-state index contributed by atoms with van der Waals surface area (Å²) in [4.78, 5) is 28.7. The Morgan fingerprint density at radius 2 is 1.61 bits per heavy atom. The van der Waals surface area contributed by atoms with Gasteiger partial charge in [-0.2, -0.15) is 15.5 Å². The number of carbonyl (C=O) groups is 1. The molecule has 0 unspecified atom stereocenters. The first-order valence-corrected chi connectivity index (χ1v) is 9.41. The Labute approximate surface area is 179 Å². The minimum absolute atomic E-state index is 0.240. The molecule has 31 heavy (non-hydrogen) atoms. The van der Waals surface area contributed by atoms with Gasteiger partial charge in [-0.15, -0.1) is 0 Å². The highest BCUT2D eigenvalue weighted by Gasteiger charge is 2.97. The smallest absolute Gasteiger partial charge is 0.421 e. The van der Waals surface area contributed by atoms with Crippen LogP contribution in [0, 0.1) is 39.4 Å². The van der Waals surface area contributed by atoms with Crippen molar-refractivity contribution in [2.24, 2.45) is 37.8 Å². The first-order chi connectivity index (χ1) is 14.7. The summed E-state index contributed by atoms with van der Waals surface area (Å²) in [6.07, 6.45) is 0. The third-order valence-corrected chi connectivity index (χ3v) is 5.27. The molecular weight excluding hydrogens is 400 g/mol. The molecule has 1 saturated carbocycles. The van der Waals surface area contributed by atoms with Gasteiger partial charge in [-0.1, -0.05) is 10.3 Å². The Morgan fingerprint density at radius 3 is 2.03 bits per heavy atom. The van der Waals surface area contributed by atoms with Crippen LogP contribution in [0.1, 0.15) is 38.1 Å². The minimum Gasteiger partial charge on any atom is -0.497 e. The summed E-state index contributed by atoms with van der Waals surface area (Å²) in [5.41, 5.74) is 3.76. The predicted molar refractivity (Wildman–Crippen MR) is 111 cm³/mol. The topological polar surface area (TPSA) is 155 Å². The summed E-state index contributed by atoms with van der Waals surface area (Å²) >= 11 is 0. The molecular formula is C21H22N6O4. The average Bonchev–Trinajstić information content (AvgIpc) is 3.33. The first kappa shape index (κ1) is 21.8. The molecule has 1 aliphatic carbocycles. The van der Waals surface area contributed by atoms with Gasteiger partial charge in [0.05, 0.1) is 36.6 Å². The van der Waals surface area contributed by atoms with Crippen molar-refractivity contribution in [1.29, 1.82) is 10.5 Å². The summed E-state index contributed by atoms with van der Waals surface area (Å²) in [5.74, 6) is -3.55. The molecule has 0 amide bonds. The molecule has 1 fully saturated rings. The van der Waals surface area contributed by atoms with Crippen molar-refractivity contribution < 1.29 is 19.2 Å². The van der Waals surface area contributed by atoms with Crippen LogP contribution in [-0.4, -0.2) is 36.1 Å². The fourth-order valence-electron chi connectivity index (χ4n) is 3.85. The molecule has 1 aromatic rings. The van der Waals surface area contributed by atoms with Crippen LogP contribution in [0.3, 0.4) is 0 Å². The van der Waals surface area contributed by atoms with E-state index in [9.17, 15) is 15.3 Å². The first-order valence-electron chi connectivity index (χ1n) is 9.41. The lowest BCUT2D eigenvalue weighted by atomic mass is 9.94. The second-order valence-electron chi connectivity index (χ2n) is 7.70. The number of amidine groups is 1. The lowest BCUT2D eigenvalue weighted by Gasteiger charge is -2.27. The number of aliphatic imine (C=N–C) groups is 1. The standard InChI is InChI=1S/C21H22N6O4/c1-12(2)26-30-21(31-27-13(3)4)20(11-23)17(19(20,10-22)18(24)25-21)16(28)14-6-8-15(29-5)9-7-14/h6-9,17H,1-5H3,(H2,24,25)/t17-,19+,20+/m1/s1. The van der Waals surface area contributed by atoms with Crippen molar-refractivity contribution >= 4 is 23.0 Å². The molecule has 1 heterocycles.